The third kappa shape index (κ3) is 4.73. The Morgan fingerprint density at radius 1 is 1.17 bits per heavy atom. The second-order valence-electron chi connectivity index (χ2n) is 7.72. The summed E-state index contributed by atoms with van der Waals surface area (Å²) < 4.78 is 8.90. The van der Waals surface area contributed by atoms with Crippen LogP contribution in [0.3, 0.4) is 0 Å². The molecule has 176 valence electrons. The summed E-state index contributed by atoms with van der Waals surface area (Å²) in [6.45, 7) is 1.78. The highest BCUT2D eigenvalue weighted by Gasteiger charge is 2.32. The molecule has 10 heteroatoms. The number of allylic oxidation sites excluding steroid dienone is 1. The average molecular weight is 634 g/mol. The van der Waals surface area contributed by atoms with Crippen LogP contribution in [0.5, 0.6) is 0 Å². The molecule has 1 atom stereocenters. The van der Waals surface area contributed by atoms with Gasteiger partial charge >= 0.3 is 0 Å². The minimum Gasteiger partial charge on any atom is -0.449 e. The number of benzene rings is 2. The molecule has 0 saturated heterocycles. The van der Waals surface area contributed by atoms with Crippen molar-refractivity contribution in [2.75, 3.05) is 5.32 Å². The van der Waals surface area contributed by atoms with E-state index < -0.39 is 6.04 Å². The van der Waals surface area contributed by atoms with Crippen LogP contribution in [0.2, 0.25) is 5.02 Å². The van der Waals surface area contributed by atoms with Gasteiger partial charge in [-0.1, -0.05) is 53.3 Å². The fraction of sp³-hybridized carbons (Fsp3) is 0.0800. The molecular weight excluding hydrogens is 618 g/mol. The van der Waals surface area contributed by atoms with Crippen LogP contribution >= 0.6 is 54.8 Å². The van der Waals surface area contributed by atoms with E-state index in [1.54, 1.807) is 47.9 Å². The van der Waals surface area contributed by atoms with Crippen LogP contribution in [0.25, 0.3) is 6.08 Å². The third-order valence-corrected chi connectivity index (χ3v) is 8.37. The first kappa shape index (κ1) is 24.0. The number of nitrogens with one attached hydrogen (secondary N) is 1. The Kier molecular flexibility index (Phi) is 6.67. The van der Waals surface area contributed by atoms with Gasteiger partial charge < -0.3 is 9.73 Å². The Bertz CT molecular complexity index is 1640. The normalized spacial score (nSPS) is 15.7. The highest BCUT2D eigenvalue weighted by molar-refractivity contribution is 9.13. The molecule has 0 fully saturated rings. The molecule has 0 spiro atoms. The number of para-hydroxylation sites is 1. The first-order chi connectivity index (χ1) is 16.8. The summed E-state index contributed by atoms with van der Waals surface area (Å²) in [7, 11) is 0. The van der Waals surface area contributed by atoms with Crippen molar-refractivity contribution in [2.24, 2.45) is 4.99 Å². The summed E-state index contributed by atoms with van der Waals surface area (Å²) in [5.41, 5.74) is 2.06. The number of thiazole rings is 1. The van der Waals surface area contributed by atoms with E-state index in [-0.39, 0.29) is 11.5 Å². The summed E-state index contributed by atoms with van der Waals surface area (Å²) in [5.74, 6) is 0.181. The second-order valence-corrected chi connectivity index (χ2v) is 10.7. The summed E-state index contributed by atoms with van der Waals surface area (Å²) in [5, 5.41) is 3.49. The van der Waals surface area contributed by atoms with Gasteiger partial charge in [0.15, 0.2) is 9.47 Å². The third-order valence-electron chi connectivity index (χ3n) is 5.42. The maximum Gasteiger partial charge on any atom is 0.271 e. The molecule has 0 radical (unpaired) electrons. The van der Waals surface area contributed by atoms with Crippen molar-refractivity contribution < 1.29 is 9.21 Å². The van der Waals surface area contributed by atoms with Crippen molar-refractivity contribution in [3.05, 3.63) is 117 Å². The molecule has 35 heavy (non-hydrogen) atoms. The summed E-state index contributed by atoms with van der Waals surface area (Å²) >= 11 is 14.1. The van der Waals surface area contributed by atoms with Crippen molar-refractivity contribution >= 4 is 72.5 Å². The van der Waals surface area contributed by atoms with Crippen LogP contribution in [-0.4, -0.2) is 10.5 Å². The number of rotatable bonds is 4. The van der Waals surface area contributed by atoms with Gasteiger partial charge in [-0.3, -0.25) is 14.2 Å². The van der Waals surface area contributed by atoms with Gasteiger partial charge in [-0.25, -0.2) is 4.99 Å². The Hall–Kier alpha value is -2.72. The number of aromatic nitrogens is 1. The first-order valence-corrected chi connectivity index (χ1v) is 13.2. The fourth-order valence-corrected chi connectivity index (χ4v) is 5.62. The van der Waals surface area contributed by atoms with Gasteiger partial charge in [-0.15, -0.1) is 0 Å². The van der Waals surface area contributed by atoms with Crippen molar-refractivity contribution in [2.45, 2.75) is 13.0 Å². The highest BCUT2D eigenvalue weighted by Crippen LogP contribution is 2.31. The Labute approximate surface area is 225 Å². The first-order valence-electron chi connectivity index (χ1n) is 10.4. The van der Waals surface area contributed by atoms with E-state index in [1.165, 1.54) is 11.3 Å². The van der Waals surface area contributed by atoms with E-state index in [4.69, 9.17) is 16.0 Å². The number of hydrogen-bond donors (Lipinski definition) is 1. The summed E-state index contributed by atoms with van der Waals surface area (Å²) in [4.78, 5) is 32.3. The molecule has 2 aromatic heterocycles. The van der Waals surface area contributed by atoms with Gasteiger partial charge in [0.2, 0.25) is 0 Å². The van der Waals surface area contributed by atoms with Gasteiger partial charge in [0.05, 0.1) is 26.3 Å². The SMILES string of the molecule is CC1=C(C(=O)Nc2ccccc2)[C@H](c2ccc(Cl)cc2)n2c(s/c(=C/c3cc(Br)c(Br)o3)c2=O)=N1. The molecule has 0 saturated carbocycles. The van der Waals surface area contributed by atoms with Gasteiger partial charge in [0.25, 0.3) is 11.5 Å². The standard InChI is InChI=1S/C25H16Br2ClN3O3S/c1-13-20(23(32)30-16-5-3-2-4-6-16)21(14-7-9-15(28)10-8-14)31-24(33)19(35-25(31)29-13)12-17-11-18(26)22(27)34-17/h2-12,21H,1H3,(H,30,32)/b19-12+/t21-/m0/s1. The number of halogens is 3. The molecule has 1 aliphatic heterocycles. The minimum absolute atomic E-state index is 0.269. The molecule has 1 amide bonds. The van der Waals surface area contributed by atoms with Crippen LogP contribution in [0.4, 0.5) is 5.69 Å². The minimum atomic E-state index is -0.676. The predicted molar refractivity (Wildman–Crippen MR) is 144 cm³/mol. The summed E-state index contributed by atoms with van der Waals surface area (Å²) in [6.07, 6.45) is 1.67. The van der Waals surface area contributed by atoms with Crippen LogP contribution in [0.1, 0.15) is 24.3 Å². The predicted octanol–water partition coefficient (Wildman–Crippen LogP) is 5.65. The molecule has 0 aliphatic carbocycles. The number of carbonyl (C=O) groups is 1. The molecular formula is C25H16Br2ClN3O3S. The van der Waals surface area contributed by atoms with Crippen LogP contribution < -0.4 is 20.2 Å². The Balaban J connectivity index is 1.68. The molecule has 1 N–H and O–H groups in total. The lowest BCUT2D eigenvalue weighted by atomic mass is 9.95. The van der Waals surface area contributed by atoms with Crippen LogP contribution in [0, 0.1) is 0 Å². The molecule has 3 heterocycles. The van der Waals surface area contributed by atoms with Gasteiger partial charge in [0, 0.05) is 16.8 Å². The molecule has 6 nitrogen and oxygen atoms in total. The second kappa shape index (κ2) is 9.73. The number of carbonyl (C=O) groups excluding carboxylic acids is 1. The van der Waals surface area contributed by atoms with Crippen molar-refractivity contribution in [3.8, 4) is 0 Å². The van der Waals surface area contributed by atoms with E-state index in [2.05, 4.69) is 42.2 Å². The maximum atomic E-state index is 13.6. The van der Waals surface area contributed by atoms with E-state index in [0.29, 0.717) is 41.7 Å². The number of amides is 1. The maximum absolute atomic E-state index is 13.6. The van der Waals surface area contributed by atoms with Gasteiger partial charge in [0.1, 0.15) is 5.76 Å². The lowest BCUT2D eigenvalue weighted by Gasteiger charge is -2.25. The number of hydrogen-bond acceptors (Lipinski definition) is 5. The monoisotopic (exact) mass is 631 g/mol. The molecule has 4 aromatic rings. The highest BCUT2D eigenvalue weighted by atomic mass is 79.9. The molecule has 0 bridgehead atoms. The number of nitrogens with zero attached hydrogens (tertiary/aromatic N) is 2. The zero-order valence-electron chi connectivity index (χ0n) is 18.1. The topological polar surface area (TPSA) is 76.6 Å². The molecule has 0 unspecified atom stereocenters. The lowest BCUT2D eigenvalue weighted by Crippen LogP contribution is -2.40. The quantitative estimate of drug-likeness (QED) is 0.316. The molecule has 5 rings (SSSR count). The van der Waals surface area contributed by atoms with E-state index in [1.807, 2.05) is 30.3 Å². The number of fused-ring (bicyclic) bond motifs is 1. The zero-order valence-corrected chi connectivity index (χ0v) is 22.8. The Morgan fingerprint density at radius 3 is 2.54 bits per heavy atom. The van der Waals surface area contributed by atoms with Gasteiger partial charge in [-0.2, -0.15) is 0 Å². The molecule has 1 aliphatic rings. The largest absolute Gasteiger partial charge is 0.449 e. The van der Waals surface area contributed by atoms with Crippen LogP contribution in [0.15, 0.2) is 95.3 Å². The van der Waals surface area contributed by atoms with Crippen molar-refractivity contribution in [1.82, 2.24) is 4.57 Å². The van der Waals surface area contributed by atoms with E-state index in [0.717, 1.165) is 10.0 Å². The smallest absolute Gasteiger partial charge is 0.271 e. The van der Waals surface area contributed by atoms with Gasteiger partial charge in [-0.05, 0) is 74.7 Å². The number of furan rings is 1. The van der Waals surface area contributed by atoms with Crippen LogP contribution in [-0.2, 0) is 4.79 Å². The van der Waals surface area contributed by atoms with E-state index >= 15 is 0 Å². The molecule has 2 aromatic carbocycles. The Morgan fingerprint density at radius 2 is 1.89 bits per heavy atom. The van der Waals surface area contributed by atoms with E-state index in [9.17, 15) is 9.59 Å². The van der Waals surface area contributed by atoms with Crippen molar-refractivity contribution in [3.63, 3.8) is 0 Å². The lowest BCUT2D eigenvalue weighted by molar-refractivity contribution is -0.113. The zero-order chi connectivity index (χ0) is 24.7. The average Bonchev–Trinajstić information content (AvgIpc) is 3.31. The fourth-order valence-electron chi connectivity index (χ4n) is 3.86. The number of anilines is 1. The summed E-state index contributed by atoms with van der Waals surface area (Å²) in [6, 6.07) is 17.4. The van der Waals surface area contributed by atoms with Crippen molar-refractivity contribution in [1.29, 1.82) is 0 Å².